The number of ketones is 1. The Bertz CT molecular complexity index is 1010. The van der Waals surface area contributed by atoms with Crippen LogP contribution in [0.4, 0.5) is 10.1 Å². The zero-order valence-electron chi connectivity index (χ0n) is 17.3. The van der Waals surface area contributed by atoms with Gasteiger partial charge < -0.3 is 15.2 Å². The molecule has 0 saturated carbocycles. The van der Waals surface area contributed by atoms with Crippen LogP contribution in [-0.4, -0.2) is 27.7 Å². The van der Waals surface area contributed by atoms with E-state index in [-0.39, 0.29) is 10.7 Å². The van der Waals surface area contributed by atoms with Crippen LogP contribution in [0.5, 0.6) is 0 Å². The summed E-state index contributed by atoms with van der Waals surface area (Å²) in [4.78, 5) is 38.3. The Labute approximate surface area is 179 Å². The van der Waals surface area contributed by atoms with E-state index in [9.17, 15) is 18.8 Å². The molecule has 0 saturated heterocycles. The molecule has 0 unspecified atom stereocenters. The van der Waals surface area contributed by atoms with Crippen molar-refractivity contribution in [3.8, 4) is 0 Å². The summed E-state index contributed by atoms with van der Waals surface area (Å²) >= 11 is 5.79. The van der Waals surface area contributed by atoms with Crippen LogP contribution in [0, 0.1) is 5.82 Å². The molecule has 0 bridgehead atoms. The molecule has 6 nitrogen and oxygen atoms in total. The van der Waals surface area contributed by atoms with Gasteiger partial charge in [0, 0.05) is 23.5 Å². The summed E-state index contributed by atoms with van der Waals surface area (Å²) in [5.74, 6) is -2.38. The number of hydrogen-bond donors (Lipinski definition) is 2. The van der Waals surface area contributed by atoms with E-state index in [1.807, 2.05) is 0 Å². The van der Waals surface area contributed by atoms with Gasteiger partial charge in [-0.05, 0) is 64.3 Å². The van der Waals surface area contributed by atoms with Crippen molar-refractivity contribution in [3.05, 3.63) is 52.1 Å². The highest BCUT2D eigenvalue weighted by Gasteiger charge is 2.29. The molecule has 2 N–H and O–H groups in total. The standard InChI is InChI=1S/C22H25ClFN3O3/c1-22(2,3)26-21(30)19(28)18-12-14(17-7-5-4-6-10-27(17)18)20(29)25-13-8-9-16(24)15(23)11-13/h8-9,11-12H,4-7,10H2,1-3H3,(H,25,29)(H,26,30). The van der Waals surface area contributed by atoms with E-state index in [1.54, 1.807) is 25.3 Å². The van der Waals surface area contributed by atoms with Gasteiger partial charge in [-0.2, -0.15) is 0 Å². The zero-order valence-corrected chi connectivity index (χ0v) is 18.0. The minimum atomic E-state index is -0.704. The van der Waals surface area contributed by atoms with Crippen LogP contribution in [0.25, 0.3) is 0 Å². The Morgan fingerprint density at radius 1 is 1.10 bits per heavy atom. The summed E-state index contributed by atoms with van der Waals surface area (Å²) in [6.45, 7) is 5.95. The molecule has 0 atom stereocenters. The second-order valence-corrected chi connectivity index (χ2v) is 8.88. The van der Waals surface area contributed by atoms with Crippen molar-refractivity contribution in [1.82, 2.24) is 9.88 Å². The van der Waals surface area contributed by atoms with Gasteiger partial charge in [0.15, 0.2) is 0 Å². The number of nitrogens with one attached hydrogen (secondary N) is 2. The first-order valence-corrected chi connectivity index (χ1v) is 10.3. The van der Waals surface area contributed by atoms with Crippen LogP contribution in [0.3, 0.4) is 0 Å². The van der Waals surface area contributed by atoms with Gasteiger partial charge in [0.2, 0.25) is 0 Å². The van der Waals surface area contributed by atoms with E-state index in [0.717, 1.165) is 25.0 Å². The molecule has 160 valence electrons. The summed E-state index contributed by atoms with van der Waals surface area (Å²) in [6, 6.07) is 5.39. The second kappa shape index (κ2) is 8.60. The van der Waals surface area contributed by atoms with Crippen molar-refractivity contribution >= 4 is 34.9 Å². The van der Waals surface area contributed by atoms with Crippen molar-refractivity contribution < 1.29 is 18.8 Å². The summed E-state index contributed by atoms with van der Waals surface area (Å²) < 4.78 is 15.2. The van der Waals surface area contributed by atoms with E-state index in [4.69, 9.17) is 11.6 Å². The maximum atomic E-state index is 13.4. The lowest BCUT2D eigenvalue weighted by molar-refractivity contribution is -0.118. The molecule has 0 fully saturated rings. The fourth-order valence-electron chi connectivity index (χ4n) is 3.52. The predicted molar refractivity (Wildman–Crippen MR) is 114 cm³/mol. The Balaban J connectivity index is 1.94. The van der Waals surface area contributed by atoms with Gasteiger partial charge in [-0.1, -0.05) is 18.0 Å². The number of hydrogen-bond acceptors (Lipinski definition) is 3. The van der Waals surface area contributed by atoms with Crippen LogP contribution in [-0.2, 0) is 17.8 Å². The number of amides is 2. The van der Waals surface area contributed by atoms with Crippen LogP contribution in [0.1, 0.15) is 66.6 Å². The summed E-state index contributed by atoms with van der Waals surface area (Å²) in [5.41, 5.74) is 1.06. The highest BCUT2D eigenvalue weighted by molar-refractivity contribution is 6.42. The number of nitrogens with zero attached hydrogens (tertiary/aromatic N) is 1. The molecule has 0 aliphatic carbocycles. The van der Waals surface area contributed by atoms with Gasteiger partial charge in [-0.25, -0.2) is 4.39 Å². The lowest BCUT2D eigenvalue weighted by atomic mass is 10.1. The fraction of sp³-hybridized carbons (Fsp3) is 0.409. The van der Waals surface area contributed by atoms with Crippen LogP contribution < -0.4 is 10.6 Å². The lowest BCUT2D eigenvalue weighted by Gasteiger charge is -2.20. The number of carbonyl (C=O) groups excluding carboxylic acids is 3. The van der Waals surface area contributed by atoms with E-state index >= 15 is 0 Å². The molecule has 2 aromatic rings. The molecule has 8 heteroatoms. The minimum Gasteiger partial charge on any atom is -0.345 e. The SMILES string of the molecule is CC(C)(C)NC(=O)C(=O)c1cc(C(=O)Nc2ccc(F)c(Cl)c2)c2n1CCCCC2. The average Bonchev–Trinajstić information content (AvgIpc) is 2.84. The van der Waals surface area contributed by atoms with Gasteiger partial charge in [-0.3, -0.25) is 14.4 Å². The molecule has 2 amide bonds. The van der Waals surface area contributed by atoms with Gasteiger partial charge in [0.25, 0.3) is 17.6 Å². The number of anilines is 1. The second-order valence-electron chi connectivity index (χ2n) is 8.47. The number of rotatable bonds is 4. The third kappa shape index (κ3) is 4.90. The molecule has 1 aliphatic rings. The van der Waals surface area contributed by atoms with Crippen molar-refractivity contribution in [2.75, 3.05) is 5.32 Å². The molecule has 30 heavy (non-hydrogen) atoms. The maximum Gasteiger partial charge on any atom is 0.294 e. The highest BCUT2D eigenvalue weighted by atomic mass is 35.5. The quantitative estimate of drug-likeness (QED) is 0.555. The Morgan fingerprint density at radius 3 is 2.50 bits per heavy atom. The predicted octanol–water partition coefficient (Wildman–Crippen LogP) is 4.36. The van der Waals surface area contributed by atoms with E-state index < -0.39 is 29.0 Å². The van der Waals surface area contributed by atoms with Crippen LogP contribution in [0.2, 0.25) is 5.02 Å². The Hall–Kier alpha value is -2.67. The molecule has 0 spiro atoms. The van der Waals surface area contributed by atoms with E-state index in [0.29, 0.717) is 24.2 Å². The smallest absolute Gasteiger partial charge is 0.294 e. The molecule has 2 heterocycles. The molecular formula is C22H25ClFN3O3. The molecule has 1 aromatic heterocycles. The Kier molecular flexibility index (Phi) is 6.31. The third-order valence-corrected chi connectivity index (χ3v) is 5.14. The summed E-state index contributed by atoms with van der Waals surface area (Å²) in [5, 5.41) is 5.28. The van der Waals surface area contributed by atoms with Crippen molar-refractivity contribution in [2.24, 2.45) is 0 Å². The van der Waals surface area contributed by atoms with Crippen LogP contribution >= 0.6 is 11.6 Å². The normalized spacial score (nSPS) is 13.9. The molecular weight excluding hydrogens is 409 g/mol. The third-order valence-electron chi connectivity index (χ3n) is 4.85. The lowest BCUT2D eigenvalue weighted by Crippen LogP contribution is -2.44. The van der Waals surface area contributed by atoms with Gasteiger partial charge in [0.05, 0.1) is 16.3 Å². The van der Waals surface area contributed by atoms with Crippen molar-refractivity contribution in [1.29, 1.82) is 0 Å². The van der Waals surface area contributed by atoms with E-state index in [1.165, 1.54) is 24.3 Å². The van der Waals surface area contributed by atoms with Crippen molar-refractivity contribution in [3.63, 3.8) is 0 Å². The molecule has 1 aromatic carbocycles. The summed E-state index contributed by atoms with van der Waals surface area (Å²) in [6.07, 6.45) is 3.34. The first kappa shape index (κ1) is 22.0. The van der Waals surface area contributed by atoms with Gasteiger partial charge in [0.1, 0.15) is 5.82 Å². The molecule has 3 rings (SSSR count). The molecule has 1 aliphatic heterocycles. The fourth-order valence-corrected chi connectivity index (χ4v) is 3.70. The highest BCUT2D eigenvalue weighted by Crippen LogP contribution is 2.26. The maximum absolute atomic E-state index is 13.4. The first-order valence-electron chi connectivity index (χ1n) is 9.92. The summed E-state index contributed by atoms with van der Waals surface area (Å²) in [7, 11) is 0. The van der Waals surface area contributed by atoms with Crippen LogP contribution in [0.15, 0.2) is 24.3 Å². The van der Waals surface area contributed by atoms with E-state index in [2.05, 4.69) is 10.6 Å². The van der Waals surface area contributed by atoms with Gasteiger partial charge >= 0.3 is 0 Å². The first-order chi connectivity index (χ1) is 14.1. The number of aromatic nitrogens is 1. The van der Waals surface area contributed by atoms with Gasteiger partial charge in [-0.15, -0.1) is 0 Å². The number of benzene rings is 1. The van der Waals surface area contributed by atoms with Crippen molar-refractivity contribution in [2.45, 2.75) is 58.5 Å². The Morgan fingerprint density at radius 2 is 1.83 bits per heavy atom. The topological polar surface area (TPSA) is 80.2 Å². The average molecular weight is 434 g/mol. The minimum absolute atomic E-state index is 0.0989. The number of fused-ring (bicyclic) bond motifs is 1. The number of carbonyl (C=O) groups is 3. The zero-order chi connectivity index (χ0) is 22.1. The molecule has 0 radical (unpaired) electrons. The monoisotopic (exact) mass is 433 g/mol. The number of Topliss-reactive ketones (excluding diaryl/α,β-unsaturated/α-hetero) is 1. The number of halogens is 2. The largest absolute Gasteiger partial charge is 0.345 e.